The lowest BCUT2D eigenvalue weighted by Gasteiger charge is -2.14. The van der Waals surface area contributed by atoms with Gasteiger partial charge in [0.15, 0.2) is 11.5 Å². The highest BCUT2D eigenvalue weighted by Gasteiger charge is 2.23. The fourth-order valence-electron chi connectivity index (χ4n) is 3.64. The molecular weight excluding hydrogens is 524 g/mol. The predicted octanol–water partition coefficient (Wildman–Crippen LogP) is 6.09. The Morgan fingerprint density at radius 2 is 1.62 bits per heavy atom. The van der Waals surface area contributed by atoms with Crippen LogP contribution in [0.2, 0.25) is 5.02 Å². The number of benzene rings is 3. The van der Waals surface area contributed by atoms with E-state index in [2.05, 4.69) is 26.2 Å². The molecule has 0 aliphatic rings. The van der Waals surface area contributed by atoms with Crippen LogP contribution in [0.3, 0.4) is 0 Å². The third-order valence-electron chi connectivity index (χ3n) is 5.24. The second-order valence-electron chi connectivity index (χ2n) is 7.27. The standard InChI is InChI=1S/C25H20BrClN2O5/c1-32-19-10-14(11-20(33-2)24(19)34-3)25(31)29-21-17-8-7-16(27)12-18(17)28-22(21)23(30)13-5-4-6-15(26)9-13/h4-12,28H,1-3H3,(H,29,31). The van der Waals surface area contributed by atoms with Crippen molar-refractivity contribution < 1.29 is 23.8 Å². The Bertz CT molecular complexity index is 1390. The number of methoxy groups -OCH3 is 3. The summed E-state index contributed by atoms with van der Waals surface area (Å²) in [5, 5.41) is 4.02. The van der Waals surface area contributed by atoms with Gasteiger partial charge in [-0.05, 0) is 42.5 Å². The zero-order valence-corrected chi connectivity index (χ0v) is 20.8. The fraction of sp³-hybridized carbons (Fsp3) is 0.120. The summed E-state index contributed by atoms with van der Waals surface area (Å²) in [7, 11) is 4.42. The minimum Gasteiger partial charge on any atom is -0.493 e. The first-order valence-electron chi connectivity index (χ1n) is 10.1. The number of H-pyrrole nitrogens is 1. The van der Waals surface area contributed by atoms with Crippen LogP contribution in [0.15, 0.2) is 59.1 Å². The van der Waals surface area contributed by atoms with Gasteiger partial charge in [-0.25, -0.2) is 0 Å². The number of halogens is 2. The number of hydrogen-bond donors (Lipinski definition) is 2. The lowest BCUT2D eigenvalue weighted by atomic mass is 10.1. The van der Waals surface area contributed by atoms with Crippen molar-refractivity contribution in [3.8, 4) is 17.2 Å². The number of ketones is 1. The molecule has 1 aromatic heterocycles. The quantitative estimate of drug-likeness (QED) is 0.275. The Morgan fingerprint density at radius 3 is 2.24 bits per heavy atom. The van der Waals surface area contributed by atoms with E-state index in [4.69, 9.17) is 25.8 Å². The highest BCUT2D eigenvalue weighted by atomic mass is 79.9. The molecule has 0 atom stereocenters. The third kappa shape index (κ3) is 4.47. The van der Waals surface area contributed by atoms with E-state index in [0.717, 1.165) is 4.47 Å². The second-order valence-corrected chi connectivity index (χ2v) is 8.62. The van der Waals surface area contributed by atoms with Crippen LogP contribution in [-0.2, 0) is 0 Å². The monoisotopic (exact) mass is 542 g/mol. The first-order valence-corrected chi connectivity index (χ1v) is 11.3. The summed E-state index contributed by atoms with van der Waals surface area (Å²) < 4.78 is 16.8. The molecule has 2 N–H and O–H groups in total. The SMILES string of the molecule is COc1cc(C(=O)Nc2c(C(=O)c3cccc(Br)c3)[nH]c3cc(Cl)ccc23)cc(OC)c1OC. The molecule has 0 saturated carbocycles. The Hall–Kier alpha value is -3.49. The number of ether oxygens (including phenoxy) is 3. The molecule has 4 rings (SSSR count). The van der Waals surface area contributed by atoms with Crippen molar-refractivity contribution in [2.24, 2.45) is 0 Å². The van der Waals surface area contributed by atoms with Crippen molar-refractivity contribution in [3.63, 3.8) is 0 Å². The number of aromatic amines is 1. The summed E-state index contributed by atoms with van der Waals surface area (Å²) in [4.78, 5) is 29.8. The molecule has 4 aromatic rings. The van der Waals surface area contributed by atoms with Gasteiger partial charge < -0.3 is 24.5 Å². The topological polar surface area (TPSA) is 89.7 Å². The number of fused-ring (bicyclic) bond motifs is 1. The number of aromatic nitrogens is 1. The predicted molar refractivity (Wildman–Crippen MR) is 135 cm³/mol. The van der Waals surface area contributed by atoms with Crippen LogP contribution >= 0.6 is 27.5 Å². The molecule has 3 aromatic carbocycles. The maximum Gasteiger partial charge on any atom is 0.256 e. The van der Waals surface area contributed by atoms with E-state index in [0.29, 0.717) is 44.4 Å². The molecule has 0 spiro atoms. The summed E-state index contributed by atoms with van der Waals surface area (Å²) in [6, 6.07) is 15.2. The minimum absolute atomic E-state index is 0.233. The lowest BCUT2D eigenvalue weighted by Crippen LogP contribution is -2.15. The highest BCUT2D eigenvalue weighted by molar-refractivity contribution is 9.10. The summed E-state index contributed by atoms with van der Waals surface area (Å²) in [6.07, 6.45) is 0. The molecule has 0 unspecified atom stereocenters. The molecule has 7 nitrogen and oxygen atoms in total. The number of carbonyl (C=O) groups is 2. The minimum atomic E-state index is -0.460. The zero-order chi connectivity index (χ0) is 24.4. The Labute approximate surface area is 209 Å². The average Bonchev–Trinajstić information content (AvgIpc) is 3.19. The van der Waals surface area contributed by atoms with E-state index < -0.39 is 5.91 Å². The van der Waals surface area contributed by atoms with Gasteiger partial charge in [-0.3, -0.25) is 9.59 Å². The molecule has 0 aliphatic carbocycles. The third-order valence-corrected chi connectivity index (χ3v) is 5.97. The maximum absolute atomic E-state index is 13.4. The summed E-state index contributed by atoms with van der Waals surface area (Å²) in [5.74, 6) is 0.298. The van der Waals surface area contributed by atoms with Crippen LogP contribution in [0, 0.1) is 0 Å². The van der Waals surface area contributed by atoms with Gasteiger partial charge in [-0.1, -0.05) is 39.7 Å². The second kappa shape index (κ2) is 9.79. The van der Waals surface area contributed by atoms with Crippen molar-refractivity contribution in [1.29, 1.82) is 0 Å². The molecule has 0 saturated heterocycles. The smallest absolute Gasteiger partial charge is 0.256 e. The Balaban J connectivity index is 1.81. The summed E-state index contributed by atoms with van der Waals surface area (Å²) >= 11 is 9.55. The lowest BCUT2D eigenvalue weighted by molar-refractivity contribution is 0.102. The van der Waals surface area contributed by atoms with E-state index in [9.17, 15) is 9.59 Å². The number of nitrogens with one attached hydrogen (secondary N) is 2. The number of carbonyl (C=O) groups excluding carboxylic acids is 2. The Kier molecular flexibility index (Phi) is 6.81. The molecule has 0 radical (unpaired) electrons. The molecular formula is C25H20BrClN2O5. The van der Waals surface area contributed by atoms with Crippen LogP contribution in [0.25, 0.3) is 10.9 Å². The van der Waals surface area contributed by atoms with Crippen molar-refractivity contribution in [1.82, 2.24) is 4.98 Å². The van der Waals surface area contributed by atoms with Crippen molar-refractivity contribution >= 4 is 55.8 Å². The molecule has 0 aliphatic heterocycles. The van der Waals surface area contributed by atoms with Crippen LogP contribution in [0.5, 0.6) is 17.2 Å². The highest BCUT2D eigenvalue weighted by Crippen LogP contribution is 2.39. The average molecular weight is 544 g/mol. The van der Waals surface area contributed by atoms with E-state index in [1.54, 1.807) is 36.4 Å². The number of amides is 1. The summed E-state index contributed by atoms with van der Waals surface area (Å²) in [6.45, 7) is 0. The molecule has 34 heavy (non-hydrogen) atoms. The van der Waals surface area contributed by atoms with Crippen LogP contribution in [0.4, 0.5) is 5.69 Å². The van der Waals surface area contributed by atoms with Crippen molar-refractivity contribution in [3.05, 3.63) is 80.9 Å². The van der Waals surface area contributed by atoms with Crippen LogP contribution < -0.4 is 19.5 Å². The van der Waals surface area contributed by atoms with Crippen LogP contribution in [-0.4, -0.2) is 38.0 Å². The van der Waals surface area contributed by atoms with Gasteiger partial charge in [-0.15, -0.1) is 0 Å². The van der Waals surface area contributed by atoms with E-state index in [-0.39, 0.29) is 17.0 Å². The molecule has 174 valence electrons. The number of anilines is 1. The van der Waals surface area contributed by atoms with Gasteiger partial charge in [0, 0.05) is 31.5 Å². The van der Waals surface area contributed by atoms with Crippen LogP contribution in [0.1, 0.15) is 26.4 Å². The van der Waals surface area contributed by atoms with E-state index >= 15 is 0 Å². The Morgan fingerprint density at radius 1 is 0.912 bits per heavy atom. The fourth-order valence-corrected chi connectivity index (χ4v) is 4.21. The maximum atomic E-state index is 13.4. The first kappa shape index (κ1) is 23.7. The number of rotatable bonds is 7. The van der Waals surface area contributed by atoms with E-state index in [1.165, 1.54) is 33.5 Å². The first-order chi connectivity index (χ1) is 16.4. The van der Waals surface area contributed by atoms with Gasteiger partial charge in [0.05, 0.1) is 27.0 Å². The van der Waals surface area contributed by atoms with E-state index in [1.807, 2.05) is 6.07 Å². The molecule has 0 bridgehead atoms. The molecule has 9 heteroatoms. The normalized spacial score (nSPS) is 10.7. The largest absolute Gasteiger partial charge is 0.493 e. The molecule has 1 heterocycles. The zero-order valence-electron chi connectivity index (χ0n) is 18.5. The van der Waals surface area contributed by atoms with Crippen molar-refractivity contribution in [2.45, 2.75) is 0 Å². The van der Waals surface area contributed by atoms with Gasteiger partial charge >= 0.3 is 0 Å². The van der Waals surface area contributed by atoms with Gasteiger partial charge in [0.1, 0.15) is 5.69 Å². The van der Waals surface area contributed by atoms with Gasteiger partial charge in [0.2, 0.25) is 11.5 Å². The number of hydrogen-bond acceptors (Lipinski definition) is 5. The van der Waals surface area contributed by atoms with Gasteiger partial charge in [0.25, 0.3) is 5.91 Å². The van der Waals surface area contributed by atoms with Crippen molar-refractivity contribution in [2.75, 3.05) is 26.6 Å². The summed E-state index contributed by atoms with van der Waals surface area (Å²) in [5.41, 5.74) is 1.91. The molecule has 1 amide bonds. The van der Waals surface area contributed by atoms with Gasteiger partial charge in [-0.2, -0.15) is 0 Å². The molecule has 0 fully saturated rings.